The van der Waals surface area contributed by atoms with Crippen LogP contribution in [0.2, 0.25) is 0 Å². The van der Waals surface area contributed by atoms with Crippen LogP contribution in [0.25, 0.3) is 16.9 Å². The predicted molar refractivity (Wildman–Crippen MR) is 118 cm³/mol. The lowest BCUT2D eigenvalue weighted by molar-refractivity contribution is 0.102. The highest BCUT2D eigenvalue weighted by Gasteiger charge is 2.24. The average molecular weight is 467 g/mol. The SMILES string of the molecule is COCCn1cc(C(=O)Nc2ccc(Br)cc2)c2nn(-c3ccccc3)c(=O)c-2c1. The van der Waals surface area contributed by atoms with Gasteiger partial charge in [-0.2, -0.15) is 9.78 Å². The molecular weight excluding hydrogens is 448 g/mol. The summed E-state index contributed by atoms with van der Waals surface area (Å²) < 4.78 is 9.16. The van der Waals surface area contributed by atoms with Gasteiger partial charge in [-0.1, -0.05) is 34.1 Å². The van der Waals surface area contributed by atoms with E-state index < -0.39 is 0 Å². The van der Waals surface area contributed by atoms with Gasteiger partial charge < -0.3 is 14.6 Å². The standard InChI is InChI=1S/C22H19BrN4O3/c1-30-12-11-26-13-18(21(28)24-16-9-7-15(23)8-10-16)20-19(14-26)22(29)27(25-20)17-5-3-2-4-6-17/h2-10,13-14H,11-12H2,1H3,(H,24,28). The van der Waals surface area contributed by atoms with Crippen molar-refractivity contribution in [1.82, 2.24) is 14.3 Å². The Labute approximate surface area is 181 Å². The van der Waals surface area contributed by atoms with Gasteiger partial charge in [0.2, 0.25) is 0 Å². The second-order valence-corrected chi connectivity index (χ2v) is 7.59. The molecule has 7 nitrogen and oxygen atoms in total. The molecule has 2 heterocycles. The first-order chi connectivity index (χ1) is 14.6. The van der Waals surface area contributed by atoms with Gasteiger partial charge in [0.15, 0.2) is 0 Å². The Morgan fingerprint density at radius 2 is 1.83 bits per heavy atom. The van der Waals surface area contributed by atoms with Crippen molar-refractivity contribution in [2.45, 2.75) is 6.54 Å². The lowest BCUT2D eigenvalue weighted by Gasteiger charge is -2.12. The third kappa shape index (κ3) is 4.05. The van der Waals surface area contributed by atoms with E-state index in [0.717, 1.165) is 4.47 Å². The number of anilines is 1. The summed E-state index contributed by atoms with van der Waals surface area (Å²) in [6, 6.07) is 16.4. The summed E-state index contributed by atoms with van der Waals surface area (Å²) in [5.41, 5.74) is 2.05. The van der Waals surface area contributed by atoms with E-state index in [1.807, 2.05) is 30.3 Å². The van der Waals surface area contributed by atoms with Gasteiger partial charge in [-0.15, -0.1) is 0 Å². The van der Waals surface area contributed by atoms with Gasteiger partial charge in [0.05, 0.1) is 23.4 Å². The maximum absolute atomic E-state index is 13.1. The summed E-state index contributed by atoms with van der Waals surface area (Å²) >= 11 is 3.38. The number of methoxy groups -OCH3 is 1. The van der Waals surface area contributed by atoms with Gasteiger partial charge in [0.25, 0.3) is 11.5 Å². The van der Waals surface area contributed by atoms with Crippen molar-refractivity contribution in [2.75, 3.05) is 19.0 Å². The quantitative estimate of drug-likeness (QED) is 0.468. The molecule has 152 valence electrons. The molecule has 0 aliphatic carbocycles. The third-order valence-corrected chi connectivity index (χ3v) is 5.15. The van der Waals surface area contributed by atoms with Crippen molar-refractivity contribution in [3.05, 3.63) is 87.4 Å². The number of aromatic nitrogens is 3. The lowest BCUT2D eigenvalue weighted by Crippen LogP contribution is -2.18. The van der Waals surface area contributed by atoms with Gasteiger partial charge in [-0.05, 0) is 36.4 Å². The van der Waals surface area contributed by atoms with E-state index in [2.05, 4.69) is 26.3 Å². The fraction of sp³-hybridized carbons (Fsp3) is 0.136. The van der Waals surface area contributed by atoms with Gasteiger partial charge in [-0.25, -0.2) is 0 Å². The van der Waals surface area contributed by atoms with Crippen molar-refractivity contribution in [1.29, 1.82) is 0 Å². The Kier molecular flexibility index (Phi) is 5.78. The number of hydrogen-bond acceptors (Lipinski definition) is 4. The first-order valence-electron chi connectivity index (χ1n) is 9.31. The fourth-order valence-electron chi connectivity index (χ4n) is 3.13. The molecule has 4 rings (SSSR count). The number of carbonyl (C=O) groups excluding carboxylic acids is 1. The van der Waals surface area contributed by atoms with Crippen LogP contribution in [0.15, 0.2) is 76.3 Å². The van der Waals surface area contributed by atoms with Crippen molar-refractivity contribution in [2.24, 2.45) is 0 Å². The average Bonchev–Trinajstić information content (AvgIpc) is 3.10. The largest absolute Gasteiger partial charge is 0.383 e. The van der Waals surface area contributed by atoms with Gasteiger partial charge in [-0.3, -0.25) is 9.59 Å². The molecular formula is C22H19BrN4O3. The van der Waals surface area contributed by atoms with Crippen LogP contribution in [0.5, 0.6) is 0 Å². The van der Waals surface area contributed by atoms with Crippen LogP contribution in [-0.2, 0) is 11.3 Å². The van der Waals surface area contributed by atoms with E-state index in [0.29, 0.717) is 41.3 Å². The maximum atomic E-state index is 13.1. The Morgan fingerprint density at radius 1 is 1.10 bits per heavy atom. The van der Waals surface area contributed by atoms with Gasteiger partial charge >= 0.3 is 0 Å². The predicted octanol–water partition coefficient (Wildman–Crippen LogP) is 3.80. The Hall–Kier alpha value is -3.23. The molecule has 30 heavy (non-hydrogen) atoms. The number of rotatable bonds is 6. The summed E-state index contributed by atoms with van der Waals surface area (Å²) in [6.45, 7) is 0.950. The van der Waals surface area contributed by atoms with Crippen LogP contribution in [0, 0.1) is 0 Å². The number of hydrogen-bond donors (Lipinski definition) is 1. The molecule has 0 bridgehead atoms. The first kappa shape index (κ1) is 20.1. The molecule has 1 amide bonds. The highest BCUT2D eigenvalue weighted by molar-refractivity contribution is 9.10. The van der Waals surface area contributed by atoms with Gasteiger partial charge in [0, 0.05) is 36.2 Å². The molecule has 8 heteroatoms. The van der Waals surface area contributed by atoms with Crippen LogP contribution < -0.4 is 10.9 Å². The molecule has 2 aliphatic heterocycles. The Morgan fingerprint density at radius 3 is 2.53 bits per heavy atom. The molecule has 0 fully saturated rings. The van der Waals surface area contributed by atoms with Crippen molar-refractivity contribution >= 4 is 27.5 Å². The zero-order valence-electron chi connectivity index (χ0n) is 16.2. The van der Waals surface area contributed by atoms with Crippen LogP contribution in [0.4, 0.5) is 5.69 Å². The highest BCUT2D eigenvalue weighted by Crippen LogP contribution is 2.24. The second-order valence-electron chi connectivity index (χ2n) is 6.68. The number of para-hydroxylation sites is 1. The number of amides is 1. The minimum absolute atomic E-state index is 0.277. The van der Waals surface area contributed by atoms with Crippen molar-refractivity contribution in [3.8, 4) is 16.9 Å². The monoisotopic (exact) mass is 466 g/mol. The Balaban J connectivity index is 1.80. The van der Waals surface area contributed by atoms with Crippen molar-refractivity contribution < 1.29 is 9.53 Å². The Bertz CT molecular complexity index is 1200. The highest BCUT2D eigenvalue weighted by atomic mass is 79.9. The number of nitrogens with one attached hydrogen (secondary N) is 1. The molecule has 0 radical (unpaired) electrons. The molecule has 2 aromatic rings. The first-order valence-corrected chi connectivity index (χ1v) is 10.1. The smallest absolute Gasteiger partial charge is 0.282 e. The van der Waals surface area contributed by atoms with Crippen molar-refractivity contribution in [3.63, 3.8) is 0 Å². The molecule has 0 saturated heterocycles. The number of fused-ring (bicyclic) bond motifs is 1. The number of ether oxygens (including phenoxy) is 1. The minimum atomic E-state index is -0.341. The molecule has 0 aromatic heterocycles. The van der Waals surface area contributed by atoms with E-state index in [9.17, 15) is 9.59 Å². The van der Waals surface area contributed by atoms with E-state index in [1.165, 1.54) is 4.68 Å². The fourth-order valence-corrected chi connectivity index (χ4v) is 3.39. The number of halogens is 1. The van der Waals surface area contributed by atoms with Crippen LogP contribution in [0.3, 0.4) is 0 Å². The third-order valence-electron chi connectivity index (χ3n) is 4.62. The van der Waals surface area contributed by atoms with E-state index in [-0.39, 0.29) is 11.5 Å². The lowest BCUT2D eigenvalue weighted by atomic mass is 10.1. The van der Waals surface area contributed by atoms with E-state index in [1.54, 1.807) is 48.3 Å². The number of benzene rings is 2. The topological polar surface area (TPSA) is 78.2 Å². The summed E-state index contributed by atoms with van der Waals surface area (Å²) in [6.07, 6.45) is 3.40. The van der Waals surface area contributed by atoms with Crippen LogP contribution in [0.1, 0.15) is 10.4 Å². The maximum Gasteiger partial charge on any atom is 0.282 e. The molecule has 0 atom stereocenters. The molecule has 1 N–H and O–H groups in total. The summed E-state index contributed by atoms with van der Waals surface area (Å²) in [5.74, 6) is -0.341. The van der Waals surface area contributed by atoms with Crippen LogP contribution in [-0.4, -0.2) is 34.0 Å². The number of carbonyl (C=O) groups is 1. The van der Waals surface area contributed by atoms with E-state index in [4.69, 9.17) is 4.74 Å². The molecule has 2 aliphatic rings. The van der Waals surface area contributed by atoms with E-state index >= 15 is 0 Å². The zero-order valence-corrected chi connectivity index (χ0v) is 17.8. The summed E-state index contributed by atoms with van der Waals surface area (Å²) in [7, 11) is 1.60. The zero-order chi connectivity index (χ0) is 21.1. The summed E-state index contributed by atoms with van der Waals surface area (Å²) in [5, 5.41) is 7.35. The summed E-state index contributed by atoms with van der Waals surface area (Å²) in [4.78, 5) is 26.1. The molecule has 0 spiro atoms. The van der Waals surface area contributed by atoms with Gasteiger partial charge in [0.1, 0.15) is 5.69 Å². The molecule has 0 unspecified atom stereocenters. The van der Waals surface area contributed by atoms with Crippen LogP contribution >= 0.6 is 15.9 Å². The normalized spacial score (nSPS) is 11.0. The second kappa shape index (κ2) is 8.64. The molecule has 2 aromatic carbocycles. The number of pyridine rings is 1. The minimum Gasteiger partial charge on any atom is -0.383 e. The molecule has 0 saturated carbocycles. The number of nitrogens with zero attached hydrogens (tertiary/aromatic N) is 3.